The molecule has 2 heterocycles. The molecular weight excluding hydrogens is 445 g/mol. The van der Waals surface area contributed by atoms with E-state index in [1.54, 1.807) is 0 Å². The summed E-state index contributed by atoms with van der Waals surface area (Å²) in [5.74, 6) is -0.658. The molecule has 1 aromatic heterocycles. The van der Waals surface area contributed by atoms with Crippen molar-refractivity contribution >= 4 is 27.4 Å². The zero-order valence-electron chi connectivity index (χ0n) is 15.7. The molecule has 6 nitrogen and oxygen atoms in total. The monoisotopic (exact) mass is 462 g/mol. The third kappa shape index (κ3) is 4.76. The Kier molecular flexibility index (Phi) is 6.40. The van der Waals surface area contributed by atoms with E-state index >= 15 is 0 Å². The SMILES string of the molecule is O=C(Cn1cc(C(F)(F)F)cc(Cl)c1=O)c1ccc(S(=O)(=O)N2CCCCC2)cc1. The van der Waals surface area contributed by atoms with Gasteiger partial charge in [-0.1, -0.05) is 18.0 Å². The number of pyridine rings is 1. The van der Waals surface area contributed by atoms with E-state index in [9.17, 15) is 31.2 Å². The lowest BCUT2D eigenvalue weighted by Gasteiger charge is -2.25. The number of rotatable bonds is 5. The Morgan fingerprint density at radius 2 is 1.67 bits per heavy atom. The molecule has 0 bridgehead atoms. The highest BCUT2D eigenvalue weighted by Crippen LogP contribution is 2.29. The average molecular weight is 463 g/mol. The lowest BCUT2D eigenvalue weighted by atomic mass is 10.1. The summed E-state index contributed by atoms with van der Waals surface area (Å²) in [6, 6.07) is 5.61. The molecule has 3 rings (SSSR count). The van der Waals surface area contributed by atoms with Crippen LogP contribution in [-0.4, -0.2) is 36.2 Å². The fourth-order valence-corrected chi connectivity index (χ4v) is 4.93. The number of hydrogen-bond donors (Lipinski definition) is 0. The first kappa shape index (κ1) is 22.5. The molecule has 0 aliphatic carbocycles. The Labute approximate surface area is 175 Å². The number of Topliss-reactive ketones (excluding diaryl/α,β-unsaturated/α-hetero) is 1. The molecule has 1 aromatic carbocycles. The summed E-state index contributed by atoms with van der Waals surface area (Å²) >= 11 is 5.58. The quantitative estimate of drug-likeness (QED) is 0.636. The molecule has 30 heavy (non-hydrogen) atoms. The van der Waals surface area contributed by atoms with Gasteiger partial charge in [0, 0.05) is 24.8 Å². The topological polar surface area (TPSA) is 76.5 Å². The average Bonchev–Trinajstić information content (AvgIpc) is 2.71. The lowest BCUT2D eigenvalue weighted by Crippen LogP contribution is -2.35. The van der Waals surface area contributed by atoms with Gasteiger partial charge in [0.05, 0.1) is 17.0 Å². The van der Waals surface area contributed by atoms with Gasteiger partial charge in [0.15, 0.2) is 5.78 Å². The van der Waals surface area contributed by atoms with Crippen LogP contribution in [0.5, 0.6) is 0 Å². The highest BCUT2D eigenvalue weighted by molar-refractivity contribution is 7.89. The van der Waals surface area contributed by atoms with Gasteiger partial charge in [0.2, 0.25) is 10.0 Å². The third-order valence-corrected chi connectivity index (χ3v) is 7.00. The summed E-state index contributed by atoms with van der Waals surface area (Å²) in [5, 5.41) is -0.652. The smallest absolute Gasteiger partial charge is 0.306 e. The van der Waals surface area contributed by atoms with Crippen molar-refractivity contribution in [3.05, 3.63) is 63.0 Å². The van der Waals surface area contributed by atoms with Crippen LogP contribution in [0, 0.1) is 0 Å². The standard InChI is InChI=1S/C19H18ClF3N2O4S/c20-16-10-14(19(21,22)23)11-24(18(16)27)12-17(26)13-4-6-15(7-5-13)30(28,29)25-8-2-1-3-9-25/h4-7,10-11H,1-3,8-9,12H2. The zero-order chi connectivity index (χ0) is 22.1. The van der Waals surface area contributed by atoms with Crippen LogP contribution in [0.15, 0.2) is 46.2 Å². The highest BCUT2D eigenvalue weighted by Gasteiger charge is 2.32. The predicted molar refractivity (Wildman–Crippen MR) is 104 cm³/mol. The Morgan fingerprint density at radius 3 is 2.23 bits per heavy atom. The van der Waals surface area contributed by atoms with E-state index in [0.717, 1.165) is 19.3 Å². The van der Waals surface area contributed by atoms with Crippen molar-refractivity contribution in [1.29, 1.82) is 0 Å². The van der Waals surface area contributed by atoms with Gasteiger partial charge in [-0.2, -0.15) is 17.5 Å². The molecule has 0 amide bonds. The predicted octanol–water partition coefficient (Wildman–Crippen LogP) is 3.58. The van der Waals surface area contributed by atoms with Crippen molar-refractivity contribution in [1.82, 2.24) is 8.87 Å². The molecule has 162 valence electrons. The maximum atomic E-state index is 12.9. The van der Waals surface area contributed by atoms with Gasteiger partial charge in [-0.15, -0.1) is 0 Å². The first-order valence-corrected chi connectivity index (χ1v) is 10.9. The van der Waals surface area contributed by atoms with Crippen molar-refractivity contribution in [3.63, 3.8) is 0 Å². The second-order valence-corrected chi connectivity index (χ2v) is 9.26. The molecule has 0 spiro atoms. The fraction of sp³-hybridized carbons (Fsp3) is 0.368. The number of aromatic nitrogens is 1. The van der Waals surface area contributed by atoms with Crippen LogP contribution in [0.2, 0.25) is 5.02 Å². The number of sulfonamides is 1. The highest BCUT2D eigenvalue weighted by atomic mass is 35.5. The first-order chi connectivity index (χ1) is 14.0. The summed E-state index contributed by atoms with van der Waals surface area (Å²) < 4.78 is 66.1. The Hall–Kier alpha value is -2.17. The van der Waals surface area contributed by atoms with Gasteiger partial charge in [-0.25, -0.2) is 8.42 Å². The van der Waals surface area contributed by atoms with Crippen LogP contribution in [0.1, 0.15) is 35.2 Å². The van der Waals surface area contributed by atoms with Crippen molar-refractivity contribution < 1.29 is 26.4 Å². The number of benzene rings is 1. The molecule has 2 aromatic rings. The van der Waals surface area contributed by atoms with E-state index in [4.69, 9.17) is 11.6 Å². The molecule has 0 saturated carbocycles. The molecule has 0 radical (unpaired) electrons. The number of alkyl halides is 3. The fourth-order valence-electron chi connectivity index (χ4n) is 3.18. The second kappa shape index (κ2) is 8.52. The van der Waals surface area contributed by atoms with E-state index in [2.05, 4.69) is 0 Å². The number of carbonyl (C=O) groups is 1. The van der Waals surface area contributed by atoms with Crippen LogP contribution in [-0.2, 0) is 22.7 Å². The summed E-state index contributed by atoms with van der Waals surface area (Å²) in [7, 11) is -3.67. The van der Waals surface area contributed by atoms with Crippen LogP contribution in [0.25, 0.3) is 0 Å². The molecule has 1 fully saturated rings. The van der Waals surface area contributed by atoms with Crippen molar-refractivity contribution in [2.24, 2.45) is 0 Å². The van der Waals surface area contributed by atoms with Gasteiger partial charge in [0.25, 0.3) is 5.56 Å². The maximum Gasteiger partial charge on any atom is 0.417 e. The molecule has 0 N–H and O–H groups in total. The minimum absolute atomic E-state index is 0.0280. The molecule has 0 unspecified atom stereocenters. The van der Waals surface area contributed by atoms with Crippen LogP contribution >= 0.6 is 11.6 Å². The van der Waals surface area contributed by atoms with E-state index in [-0.39, 0.29) is 10.5 Å². The van der Waals surface area contributed by atoms with Crippen LogP contribution in [0.4, 0.5) is 13.2 Å². The number of halogens is 4. The first-order valence-electron chi connectivity index (χ1n) is 9.11. The Morgan fingerprint density at radius 1 is 1.07 bits per heavy atom. The number of piperidine rings is 1. The van der Waals surface area contributed by atoms with E-state index < -0.39 is 44.7 Å². The third-order valence-electron chi connectivity index (χ3n) is 4.81. The minimum Gasteiger partial charge on any atom is -0.306 e. The normalized spacial score (nSPS) is 15.9. The van der Waals surface area contributed by atoms with E-state index in [1.165, 1.54) is 28.6 Å². The van der Waals surface area contributed by atoms with Crippen molar-refractivity contribution in [3.8, 4) is 0 Å². The second-order valence-electron chi connectivity index (χ2n) is 6.92. The molecule has 11 heteroatoms. The Balaban J connectivity index is 1.82. The molecule has 1 saturated heterocycles. The van der Waals surface area contributed by atoms with Gasteiger partial charge in [-0.05, 0) is 43.2 Å². The molecular formula is C19H18ClF3N2O4S. The molecule has 1 aliphatic rings. The molecule has 1 aliphatic heterocycles. The lowest BCUT2D eigenvalue weighted by molar-refractivity contribution is -0.138. The van der Waals surface area contributed by atoms with Crippen molar-refractivity contribution in [2.75, 3.05) is 13.1 Å². The maximum absolute atomic E-state index is 12.9. The van der Waals surface area contributed by atoms with E-state index in [1.807, 2.05) is 0 Å². The van der Waals surface area contributed by atoms with Crippen LogP contribution < -0.4 is 5.56 Å². The van der Waals surface area contributed by atoms with Crippen molar-refractivity contribution in [2.45, 2.75) is 36.9 Å². The van der Waals surface area contributed by atoms with Gasteiger partial charge >= 0.3 is 6.18 Å². The number of hydrogen-bond acceptors (Lipinski definition) is 4. The van der Waals surface area contributed by atoms with Crippen LogP contribution in [0.3, 0.4) is 0 Å². The summed E-state index contributed by atoms with van der Waals surface area (Å²) in [4.78, 5) is 24.5. The Bertz CT molecular complexity index is 1110. The number of carbonyl (C=O) groups excluding carboxylic acids is 1. The molecule has 0 atom stereocenters. The summed E-state index contributed by atoms with van der Waals surface area (Å²) in [6.45, 7) is 0.200. The minimum atomic E-state index is -4.73. The zero-order valence-corrected chi connectivity index (χ0v) is 17.2. The van der Waals surface area contributed by atoms with Gasteiger partial charge in [0.1, 0.15) is 5.02 Å². The number of ketones is 1. The summed E-state index contributed by atoms with van der Waals surface area (Å²) in [5.41, 5.74) is -2.02. The van der Waals surface area contributed by atoms with Gasteiger partial charge < -0.3 is 4.57 Å². The summed E-state index contributed by atoms with van der Waals surface area (Å²) in [6.07, 6.45) is -1.67. The largest absolute Gasteiger partial charge is 0.417 e. The van der Waals surface area contributed by atoms with Gasteiger partial charge in [-0.3, -0.25) is 9.59 Å². The number of nitrogens with zero attached hydrogens (tertiary/aromatic N) is 2. The van der Waals surface area contributed by atoms with E-state index in [0.29, 0.717) is 29.9 Å².